The third-order valence-corrected chi connectivity index (χ3v) is 3.97. The van der Waals surface area contributed by atoms with Gasteiger partial charge in [0.2, 0.25) is 0 Å². The summed E-state index contributed by atoms with van der Waals surface area (Å²) < 4.78 is 12.2. The fourth-order valence-electron chi connectivity index (χ4n) is 2.30. The minimum absolute atomic E-state index is 0.0260. The summed E-state index contributed by atoms with van der Waals surface area (Å²) in [5.41, 5.74) is 2.19. The topological polar surface area (TPSA) is 30.5 Å². The lowest BCUT2D eigenvalue weighted by molar-refractivity contribution is 0.379. The zero-order chi connectivity index (χ0) is 14.5. The molecule has 2 aromatic carbocycles. The van der Waals surface area contributed by atoms with Gasteiger partial charge in [0.25, 0.3) is 0 Å². The van der Waals surface area contributed by atoms with Gasteiger partial charge in [0.1, 0.15) is 11.5 Å². The Bertz CT molecular complexity index is 547. The summed E-state index contributed by atoms with van der Waals surface area (Å²) in [5, 5.41) is 3.34. The van der Waals surface area contributed by atoms with Crippen LogP contribution in [-0.2, 0) is 0 Å². The summed E-state index contributed by atoms with van der Waals surface area (Å²) in [5.74, 6) is 1.64. The molecule has 0 saturated carbocycles. The standard InChI is InChI=1S/C16H18INO2/c1-18-16(11-7-9-12(17)10-8-11)15-13(19-2)5-4-6-14(15)20-3/h4-10,16,18H,1-3H3. The molecule has 20 heavy (non-hydrogen) atoms. The lowest BCUT2D eigenvalue weighted by atomic mass is 9.97. The Morgan fingerprint density at radius 3 is 1.95 bits per heavy atom. The van der Waals surface area contributed by atoms with Crippen LogP contribution >= 0.6 is 22.6 Å². The van der Waals surface area contributed by atoms with E-state index in [9.17, 15) is 0 Å². The Hall–Kier alpha value is -1.27. The Labute approximate surface area is 133 Å². The zero-order valence-electron chi connectivity index (χ0n) is 11.8. The molecule has 4 heteroatoms. The van der Waals surface area contributed by atoms with Gasteiger partial charge in [-0.2, -0.15) is 0 Å². The predicted octanol–water partition coefficient (Wildman–Crippen LogP) is 3.62. The molecule has 0 bridgehead atoms. The van der Waals surface area contributed by atoms with E-state index in [4.69, 9.17) is 9.47 Å². The van der Waals surface area contributed by atoms with Gasteiger partial charge in [-0.15, -0.1) is 0 Å². The van der Waals surface area contributed by atoms with E-state index in [-0.39, 0.29) is 6.04 Å². The molecule has 1 N–H and O–H groups in total. The molecule has 0 heterocycles. The quantitative estimate of drug-likeness (QED) is 0.801. The fraction of sp³-hybridized carbons (Fsp3) is 0.250. The molecule has 0 radical (unpaired) electrons. The van der Waals surface area contributed by atoms with E-state index in [0.717, 1.165) is 17.1 Å². The van der Waals surface area contributed by atoms with Crippen molar-refractivity contribution in [3.8, 4) is 11.5 Å². The molecular weight excluding hydrogens is 365 g/mol. The lowest BCUT2D eigenvalue weighted by Gasteiger charge is -2.22. The molecule has 0 amide bonds. The van der Waals surface area contributed by atoms with E-state index >= 15 is 0 Å². The van der Waals surface area contributed by atoms with Crippen molar-refractivity contribution in [3.05, 3.63) is 57.2 Å². The minimum Gasteiger partial charge on any atom is -0.496 e. The second kappa shape index (κ2) is 6.95. The summed E-state index contributed by atoms with van der Waals surface area (Å²) in [6, 6.07) is 14.3. The van der Waals surface area contributed by atoms with Crippen LogP contribution in [0.25, 0.3) is 0 Å². The maximum absolute atomic E-state index is 5.49. The zero-order valence-corrected chi connectivity index (χ0v) is 14.0. The van der Waals surface area contributed by atoms with Crippen molar-refractivity contribution in [3.63, 3.8) is 0 Å². The molecule has 2 aromatic rings. The first-order valence-corrected chi connectivity index (χ1v) is 7.42. The van der Waals surface area contributed by atoms with Crippen LogP contribution in [0, 0.1) is 3.57 Å². The number of rotatable bonds is 5. The lowest BCUT2D eigenvalue weighted by Crippen LogP contribution is -2.19. The van der Waals surface area contributed by atoms with Gasteiger partial charge in [0.05, 0.1) is 25.8 Å². The molecular formula is C16H18INO2. The first-order valence-electron chi connectivity index (χ1n) is 6.35. The Balaban J connectivity index is 2.53. The largest absolute Gasteiger partial charge is 0.496 e. The van der Waals surface area contributed by atoms with Crippen molar-refractivity contribution in [2.24, 2.45) is 0 Å². The van der Waals surface area contributed by atoms with Gasteiger partial charge in [-0.3, -0.25) is 0 Å². The number of hydrogen-bond acceptors (Lipinski definition) is 3. The average molecular weight is 383 g/mol. The van der Waals surface area contributed by atoms with Gasteiger partial charge < -0.3 is 14.8 Å². The summed E-state index contributed by atoms with van der Waals surface area (Å²) in [6.45, 7) is 0. The number of ether oxygens (including phenoxy) is 2. The molecule has 3 nitrogen and oxygen atoms in total. The highest BCUT2D eigenvalue weighted by molar-refractivity contribution is 14.1. The molecule has 0 fully saturated rings. The van der Waals surface area contributed by atoms with Gasteiger partial charge >= 0.3 is 0 Å². The maximum atomic E-state index is 5.49. The first kappa shape index (κ1) is 15.1. The Kier molecular flexibility index (Phi) is 5.25. The Morgan fingerprint density at radius 2 is 1.50 bits per heavy atom. The summed E-state index contributed by atoms with van der Waals surface area (Å²) >= 11 is 2.31. The van der Waals surface area contributed by atoms with Crippen molar-refractivity contribution in [1.29, 1.82) is 0 Å². The Morgan fingerprint density at radius 1 is 0.950 bits per heavy atom. The van der Waals surface area contributed by atoms with Crippen molar-refractivity contribution in [1.82, 2.24) is 5.32 Å². The molecule has 0 aliphatic rings. The van der Waals surface area contributed by atoms with Crippen LogP contribution in [0.2, 0.25) is 0 Å². The highest BCUT2D eigenvalue weighted by atomic mass is 127. The number of benzene rings is 2. The van der Waals surface area contributed by atoms with Crippen LogP contribution in [0.4, 0.5) is 0 Å². The van der Waals surface area contributed by atoms with E-state index in [2.05, 4.69) is 52.2 Å². The number of hydrogen-bond donors (Lipinski definition) is 1. The molecule has 0 aliphatic heterocycles. The monoisotopic (exact) mass is 383 g/mol. The van der Waals surface area contributed by atoms with Gasteiger partial charge in [0.15, 0.2) is 0 Å². The van der Waals surface area contributed by atoms with Crippen molar-refractivity contribution >= 4 is 22.6 Å². The third kappa shape index (κ3) is 3.07. The van der Waals surface area contributed by atoms with Crippen molar-refractivity contribution in [2.45, 2.75) is 6.04 Å². The van der Waals surface area contributed by atoms with E-state index in [0.29, 0.717) is 0 Å². The number of halogens is 1. The second-order valence-corrected chi connectivity index (χ2v) is 5.60. The molecule has 1 unspecified atom stereocenters. The molecule has 0 spiro atoms. The van der Waals surface area contributed by atoms with E-state index in [1.165, 1.54) is 9.13 Å². The van der Waals surface area contributed by atoms with Crippen LogP contribution in [0.5, 0.6) is 11.5 Å². The van der Waals surface area contributed by atoms with Gasteiger partial charge in [-0.25, -0.2) is 0 Å². The van der Waals surface area contributed by atoms with Crippen LogP contribution < -0.4 is 14.8 Å². The van der Waals surface area contributed by atoms with Crippen molar-refractivity contribution in [2.75, 3.05) is 21.3 Å². The SMILES string of the molecule is CNC(c1ccc(I)cc1)c1c(OC)cccc1OC. The molecule has 106 valence electrons. The predicted molar refractivity (Wildman–Crippen MR) is 89.6 cm³/mol. The van der Waals surface area contributed by atoms with Crippen molar-refractivity contribution < 1.29 is 9.47 Å². The van der Waals surface area contributed by atoms with Crippen LogP contribution in [0.1, 0.15) is 17.2 Å². The number of methoxy groups -OCH3 is 2. The average Bonchev–Trinajstić information content (AvgIpc) is 2.49. The van der Waals surface area contributed by atoms with Crippen LogP contribution in [0.15, 0.2) is 42.5 Å². The molecule has 1 atom stereocenters. The van der Waals surface area contributed by atoms with Crippen LogP contribution in [0.3, 0.4) is 0 Å². The summed E-state index contributed by atoms with van der Waals surface area (Å²) in [6.07, 6.45) is 0. The van der Waals surface area contributed by atoms with Gasteiger partial charge in [0, 0.05) is 3.57 Å². The van der Waals surface area contributed by atoms with Crippen LogP contribution in [-0.4, -0.2) is 21.3 Å². The molecule has 0 aromatic heterocycles. The minimum atomic E-state index is 0.0260. The highest BCUT2D eigenvalue weighted by Gasteiger charge is 2.21. The smallest absolute Gasteiger partial charge is 0.127 e. The summed E-state index contributed by atoms with van der Waals surface area (Å²) in [4.78, 5) is 0. The number of nitrogens with one attached hydrogen (secondary N) is 1. The molecule has 0 saturated heterocycles. The third-order valence-electron chi connectivity index (χ3n) is 3.25. The molecule has 0 aliphatic carbocycles. The first-order chi connectivity index (χ1) is 9.71. The highest BCUT2D eigenvalue weighted by Crippen LogP contribution is 2.37. The summed E-state index contributed by atoms with van der Waals surface area (Å²) in [7, 11) is 5.30. The normalized spacial score (nSPS) is 12.0. The fourth-order valence-corrected chi connectivity index (χ4v) is 2.66. The van der Waals surface area contributed by atoms with Gasteiger partial charge in [-0.05, 0) is 59.5 Å². The van der Waals surface area contributed by atoms with E-state index in [1.807, 2.05) is 25.2 Å². The van der Waals surface area contributed by atoms with E-state index < -0.39 is 0 Å². The van der Waals surface area contributed by atoms with E-state index in [1.54, 1.807) is 14.2 Å². The molecule has 2 rings (SSSR count). The van der Waals surface area contributed by atoms with Gasteiger partial charge in [-0.1, -0.05) is 18.2 Å². The maximum Gasteiger partial charge on any atom is 0.127 e. The second-order valence-electron chi connectivity index (χ2n) is 4.35.